The van der Waals surface area contributed by atoms with E-state index in [0.29, 0.717) is 12.2 Å². The van der Waals surface area contributed by atoms with Gasteiger partial charge in [0, 0.05) is 6.08 Å². The summed E-state index contributed by atoms with van der Waals surface area (Å²) in [5.41, 5.74) is -13.8. The highest BCUT2D eigenvalue weighted by Crippen LogP contribution is 2.38. The molecular formula is C8H4F6NO4S2+. The monoisotopic (exact) mass is 356 g/mol. The van der Waals surface area contributed by atoms with Crippen LogP contribution in [0.4, 0.5) is 26.3 Å². The number of alkyl halides is 6. The molecule has 0 saturated heterocycles. The molecule has 5 nitrogen and oxygen atoms in total. The predicted molar refractivity (Wildman–Crippen MR) is 56.8 cm³/mol. The van der Waals surface area contributed by atoms with Crippen molar-refractivity contribution in [1.82, 2.24) is 3.71 Å². The molecule has 0 N–H and O–H groups in total. The fourth-order valence-corrected chi connectivity index (χ4v) is 3.81. The predicted octanol–water partition coefficient (Wildman–Crippen LogP) is 1.80. The van der Waals surface area contributed by atoms with Crippen molar-refractivity contribution in [3.8, 4) is 0 Å². The molecular weight excluding hydrogens is 352 g/mol. The van der Waals surface area contributed by atoms with Gasteiger partial charge >= 0.3 is 31.1 Å². The van der Waals surface area contributed by atoms with Gasteiger partial charge in [0.15, 0.2) is 5.70 Å². The first-order valence-corrected chi connectivity index (χ1v) is 7.50. The highest BCUT2D eigenvalue weighted by Gasteiger charge is 2.63. The van der Waals surface area contributed by atoms with Crippen LogP contribution in [0, 0.1) is 6.08 Å². The van der Waals surface area contributed by atoms with Gasteiger partial charge in [-0.05, 0) is 0 Å². The molecule has 0 aromatic rings. The SMILES string of the molecule is O=S(=O)(N(C1=CC=[C+]C=C1)S(=O)(=O)C(F)(F)F)C(F)(F)F. The number of sulfonamides is 2. The average molecular weight is 356 g/mol. The minimum Gasteiger partial charge on any atom is -0.196 e. The largest absolute Gasteiger partial charge is 0.517 e. The van der Waals surface area contributed by atoms with Gasteiger partial charge in [-0.15, -0.1) is 3.71 Å². The van der Waals surface area contributed by atoms with Crippen molar-refractivity contribution in [2.45, 2.75) is 11.0 Å². The van der Waals surface area contributed by atoms with Crippen LogP contribution in [0.3, 0.4) is 0 Å². The number of allylic oxidation sites excluding steroid dienone is 5. The zero-order valence-corrected chi connectivity index (χ0v) is 11.1. The van der Waals surface area contributed by atoms with Crippen molar-refractivity contribution in [2.75, 3.05) is 0 Å². The summed E-state index contributed by atoms with van der Waals surface area (Å²) < 4.78 is 117. The molecule has 13 heteroatoms. The van der Waals surface area contributed by atoms with Gasteiger partial charge in [-0.3, -0.25) is 0 Å². The Morgan fingerprint density at radius 3 is 1.62 bits per heavy atom. The topological polar surface area (TPSA) is 71.5 Å². The van der Waals surface area contributed by atoms with Crippen molar-refractivity contribution in [3.63, 3.8) is 0 Å². The molecule has 1 aliphatic rings. The Labute approximate surface area is 114 Å². The molecule has 0 unspecified atom stereocenters. The van der Waals surface area contributed by atoms with Gasteiger partial charge in [0.05, 0.1) is 12.2 Å². The number of hydrogen-bond donors (Lipinski definition) is 0. The van der Waals surface area contributed by atoms with Crippen LogP contribution >= 0.6 is 0 Å². The lowest BCUT2D eigenvalue weighted by Crippen LogP contribution is -2.48. The molecule has 118 valence electrons. The van der Waals surface area contributed by atoms with Crippen LogP contribution in [0.15, 0.2) is 30.0 Å². The first-order chi connectivity index (χ1) is 9.23. The first kappa shape index (κ1) is 17.5. The highest BCUT2D eigenvalue weighted by atomic mass is 32.3. The zero-order chi connectivity index (χ0) is 16.7. The fraction of sp³-hybridized carbons (Fsp3) is 0.250. The third-order valence-electron chi connectivity index (χ3n) is 1.93. The standard InChI is InChI=1S/C8H4F6NO4S2/c9-7(10,11)20(16,17)15(6-4-2-1-3-5-6)21(18,19)8(12,13)14/h2-5H/q+1. The van der Waals surface area contributed by atoms with Crippen molar-refractivity contribution in [2.24, 2.45) is 0 Å². The molecule has 0 saturated carbocycles. The number of nitrogens with zero attached hydrogens (tertiary/aromatic N) is 1. The van der Waals surface area contributed by atoms with Crippen LogP contribution in [-0.4, -0.2) is 31.6 Å². The smallest absolute Gasteiger partial charge is 0.196 e. The molecule has 0 aromatic heterocycles. The molecule has 0 fully saturated rings. The Morgan fingerprint density at radius 1 is 0.905 bits per heavy atom. The van der Waals surface area contributed by atoms with Crippen molar-refractivity contribution in [3.05, 3.63) is 36.1 Å². The molecule has 0 radical (unpaired) electrons. The molecule has 0 aromatic carbocycles. The molecule has 0 heterocycles. The van der Waals surface area contributed by atoms with Gasteiger partial charge in [-0.1, -0.05) is 0 Å². The van der Waals surface area contributed by atoms with Gasteiger partial charge in [0.25, 0.3) is 0 Å². The Hall–Kier alpha value is -1.59. The van der Waals surface area contributed by atoms with Crippen LogP contribution in [0.25, 0.3) is 0 Å². The van der Waals surface area contributed by atoms with Gasteiger partial charge in [-0.2, -0.15) is 43.2 Å². The van der Waals surface area contributed by atoms with Crippen LogP contribution in [0.1, 0.15) is 0 Å². The van der Waals surface area contributed by atoms with E-state index in [1.165, 1.54) is 0 Å². The second-order valence-electron chi connectivity index (χ2n) is 3.36. The van der Waals surface area contributed by atoms with E-state index < -0.39 is 40.5 Å². The lowest BCUT2D eigenvalue weighted by Gasteiger charge is -2.23. The Morgan fingerprint density at radius 2 is 1.33 bits per heavy atom. The van der Waals surface area contributed by atoms with Crippen molar-refractivity contribution in [1.29, 1.82) is 0 Å². The number of hydrogen-bond acceptors (Lipinski definition) is 4. The van der Waals surface area contributed by atoms with Crippen LogP contribution in [-0.2, 0) is 20.0 Å². The van der Waals surface area contributed by atoms with E-state index in [1.807, 2.05) is 0 Å². The fourth-order valence-electron chi connectivity index (χ4n) is 1.09. The van der Waals surface area contributed by atoms with E-state index in [-0.39, 0.29) is 0 Å². The zero-order valence-electron chi connectivity index (χ0n) is 9.47. The normalized spacial score (nSPS) is 16.4. The molecule has 21 heavy (non-hydrogen) atoms. The molecule has 1 aliphatic carbocycles. The molecule has 0 amide bonds. The summed E-state index contributed by atoms with van der Waals surface area (Å²) >= 11 is 0. The van der Waals surface area contributed by atoms with Gasteiger partial charge in [0.2, 0.25) is 0 Å². The number of halogens is 6. The van der Waals surface area contributed by atoms with Crippen molar-refractivity contribution < 1.29 is 43.2 Å². The minimum atomic E-state index is -6.82. The lowest BCUT2D eigenvalue weighted by atomic mass is 10.3. The highest BCUT2D eigenvalue weighted by molar-refractivity contribution is 8.05. The Kier molecular flexibility index (Phi) is 4.16. The maximum atomic E-state index is 12.4. The molecule has 0 aliphatic heterocycles. The molecule has 0 spiro atoms. The summed E-state index contributed by atoms with van der Waals surface area (Å²) in [4.78, 5) is 0. The summed E-state index contributed by atoms with van der Waals surface area (Å²) in [6, 6.07) is 0. The molecule has 0 bridgehead atoms. The summed E-state index contributed by atoms with van der Waals surface area (Å²) in [6.45, 7) is 0. The van der Waals surface area contributed by atoms with E-state index in [2.05, 4.69) is 6.08 Å². The quantitative estimate of drug-likeness (QED) is 0.571. The van der Waals surface area contributed by atoms with E-state index in [4.69, 9.17) is 0 Å². The molecule has 0 atom stereocenters. The van der Waals surface area contributed by atoms with E-state index in [9.17, 15) is 43.2 Å². The minimum absolute atomic E-state index is 0.423. The third kappa shape index (κ3) is 3.04. The summed E-state index contributed by atoms with van der Waals surface area (Å²) in [5, 5.41) is 0. The second-order valence-corrected chi connectivity index (χ2v) is 7.14. The van der Waals surface area contributed by atoms with Crippen molar-refractivity contribution >= 4 is 20.0 Å². The molecule has 1 rings (SSSR count). The number of rotatable bonds is 3. The first-order valence-electron chi connectivity index (χ1n) is 4.62. The Bertz CT molecular complexity index is 667. The summed E-state index contributed by atoms with van der Waals surface area (Å²) in [5.74, 6) is 0. The van der Waals surface area contributed by atoms with E-state index in [0.717, 1.165) is 12.2 Å². The van der Waals surface area contributed by atoms with Gasteiger partial charge in [0.1, 0.15) is 12.2 Å². The van der Waals surface area contributed by atoms with E-state index in [1.54, 1.807) is 0 Å². The summed E-state index contributed by atoms with van der Waals surface area (Å²) in [6.07, 6.45) is 4.54. The lowest BCUT2D eigenvalue weighted by molar-refractivity contribution is -0.0519. The van der Waals surface area contributed by atoms with Gasteiger partial charge in [-0.25, -0.2) is 0 Å². The van der Waals surface area contributed by atoms with Gasteiger partial charge < -0.3 is 0 Å². The average Bonchev–Trinajstić information content (AvgIpc) is 2.26. The third-order valence-corrected chi connectivity index (χ3v) is 5.58. The van der Waals surface area contributed by atoms with Crippen LogP contribution in [0.2, 0.25) is 0 Å². The maximum absolute atomic E-state index is 12.4. The van der Waals surface area contributed by atoms with E-state index >= 15 is 0 Å². The second kappa shape index (κ2) is 5.00. The van der Waals surface area contributed by atoms with Crippen LogP contribution < -0.4 is 0 Å². The summed E-state index contributed by atoms with van der Waals surface area (Å²) in [7, 11) is -13.6. The Balaban J connectivity index is 3.67. The van der Waals surface area contributed by atoms with Crippen LogP contribution in [0.5, 0.6) is 0 Å². The maximum Gasteiger partial charge on any atom is 0.517 e.